The molecule has 3 rings (SSSR count). The molecule has 0 unspecified atom stereocenters. The zero-order valence-corrected chi connectivity index (χ0v) is 11.2. The molecule has 8 nitrogen and oxygen atoms in total. The number of aliphatic hydroxyl groups excluding tert-OH is 2. The number of fused-ring (bicyclic) bond motifs is 1. The van der Waals surface area contributed by atoms with E-state index in [1.807, 2.05) is 6.92 Å². The molecular formula is C12H16N4O4. The van der Waals surface area contributed by atoms with E-state index in [2.05, 4.69) is 15.0 Å². The zero-order chi connectivity index (χ0) is 14.3. The fourth-order valence-electron chi connectivity index (χ4n) is 2.42. The predicted octanol–water partition coefficient (Wildman–Crippen LogP) is -0.600. The van der Waals surface area contributed by atoms with Crippen LogP contribution in [0.25, 0.3) is 11.2 Å². The van der Waals surface area contributed by atoms with Gasteiger partial charge < -0.3 is 19.7 Å². The molecule has 1 fully saturated rings. The number of methoxy groups -OCH3 is 1. The Labute approximate surface area is 115 Å². The Morgan fingerprint density at radius 2 is 2.10 bits per heavy atom. The van der Waals surface area contributed by atoms with Crippen molar-refractivity contribution in [2.24, 2.45) is 0 Å². The van der Waals surface area contributed by atoms with Crippen molar-refractivity contribution in [3.8, 4) is 0 Å². The lowest BCUT2D eigenvalue weighted by Crippen LogP contribution is -2.33. The number of aryl methyl sites for hydroxylation is 1. The second-order valence-corrected chi connectivity index (χ2v) is 4.78. The molecule has 0 bridgehead atoms. The average Bonchev–Trinajstić information content (AvgIpc) is 2.97. The van der Waals surface area contributed by atoms with Crippen LogP contribution in [-0.4, -0.2) is 61.8 Å². The van der Waals surface area contributed by atoms with Gasteiger partial charge in [-0.1, -0.05) is 0 Å². The largest absolute Gasteiger partial charge is 0.387 e. The van der Waals surface area contributed by atoms with E-state index in [9.17, 15) is 10.2 Å². The summed E-state index contributed by atoms with van der Waals surface area (Å²) in [6.07, 6.45) is -0.449. The lowest BCUT2D eigenvalue weighted by Gasteiger charge is -2.16. The molecule has 0 amide bonds. The summed E-state index contributed by atoms with van der Waals surface area (Å²) in [5.41, 5.74) is 1.95. The number of nitrogens with zero attached hydrogens (tertiary/aromatic N) is 4. The Morgan fingerprint density at radius 3 is 2.85 bits per heavy atom. The van der Waals surface area contributed by atoms with Gasteiger partial charge in [-0.15, -0.1) is 0 Å². The summed E-state index contributed by atoms with van der Waals surface area (Å²) in [5, 5.41) is 20.1. The van der Waals surface area contributed by atoms with Gasteiger partial charge in [0.15, 0.2) is 11.9 Å². The first kappa shape index (κ1) is 13.4. The quantitative estimate of drug-likeness (QED) is 0.774. The number of hydrogen-bond acceptors (Lipinski definition) is 7. The average molecular weight is 280 g/mol. The molecule has 1 aliphatic heterocycles. The SMILES string of the molecule is COC[C@H]1O[C@@H](n2cnc3c(C)ncnc32)[C@H](O)[C@@H]1O. The van der Waals surface area contributed by atoms with E-state index in [1.165, 1.54) is 19.8 Å². The first-order valence-corrected chi connectivity index (χ1v) is 6.28. The van der Waals surface area contributed by atoms with Crippen LogP contribution in [0.1, 0.15) is 11.9 Å². The van der Waals surface area contributed by atoms with Crippen molar-refractivity contribution >= 4 is 11.2 Å². The van der Waals surface area contributed by atoms with Gasteiger partial charge in [0.05, 0.1) is 18.6 Å². The molecule has 0 aromatic carbocycles. The first-order chi connectivity index (χ1) is 9.63. The van der Waals surface area contributed by atoms with Crippen molar-refractivity contribution in [3.63, 3.8) is 0 Å². The highest BCUT2D eigenvalue weighted by molar-refractivity contribution is 5.72. The Kier molecular flexibility index (Phi) is 3.38. The lowest BCUT2D eigenvalue weighted by atomic mass is 10.1. The summed E-state index contributed by atoms with van der Waals surface area (Å²) in [6.45, 7) is 2.03. The van der Waals surface area contributed by atoms with Crippen LogP contribution in [0.3, 0.4) is 0 Å². The molecule has 20 heavy (non-hydrogen) atoms. The first-order valence-electron chi connectivity index (χ1n) is 6.28. The number of aromatic nitrogens is 4. The number of hydrogen-bond donors (Lipinski definition) is 2. The van der Waals surface area contributed by atoms with Crippen LogP contribution in [0, 0.1) is 6.92 Å². The van der Waals surface area contributed by atoms with Gasteiger partial charge in [0, 0.05) is 7.11 Å². The third-order valence-corrected chi connectivity index (χ3v) is 3.48. The summed E-state index contributed by atoms with van der Waals surface area (Å²) < 4.78 is 12.2. The molecule has 4 atom stereocenters. The number of aliphatic hydroxyl groups is 2. The molecular weight excluding hydrogens is 264 g/mol. The van der Waals surface area contributed by atoms with Gasteiger partial charge in [-0.25, -0.2) is 15.0 Å². The lowest BCUT2D eigenvalue weighted by molar-refractivity contribution is -0.0580. The minimum absolute atomic E-state index is 0.204. The van der Waals surface area contributed by atoms with Gasteiger partial charge in [0.1, 0.15) is 30.2 Å². The Bertz CT molecular complexity index is 617. The highest BCUT2D eigenvalue weighted by Gasteiger charge is 2.44. The van der Waals surface area contributed by atoms with Crippen LogP contribution in [0.15, 0.2) is 12.7 Å². The Hall–Kier alpha value is -1.61. The normalized spacial score (nSPS) is 30.2. The molecule has 1 aliphatic rings. The molecule has 2 N–H and O–H groups in total. The van der Waals surface area contributed by atoms with Gasteiger partial charge >= 0.3 is 0 Å². The maximum absolute atomic E-state index is 10.1. The molecule has 3 heterocycles. The van der Waals surface area contributed by atoms with Crippen molar-refractivity contribution < 1.29 is 19.7 Å². The Balaban J connectivity index is 1.97. The molecule has 1 saturated heterocycles. The molecule has 108 valence electrons. The number of ether oxygens (including phenoxy) is 2. The summed E-state index contributed by atoms with van der Waals surface area (Å²) in [6, 6.07) is 0. The van der Waals surface area contributed by atoms with E-state index in [0.29, 0.717) is 11.2 Å². The maximum Gasteiger partial charge on any atom is 0.165 e. The zero-order valence-electron chi connectivity index (χ0n) is 11.2. The fraction of sp³-hybridized carbons (Fsp3) is 0.583. The molecule has 2 aromatic rings. The standard InChI is InChI=1S/C12H16N4O4/c1-6-8-11(14-4-13-6)16(5-15-8)12-10(18)9(17)7(20-12)3-19-2/h4-5,7,9-10,12,17-18H,3H2,1-2H3/t7-,9-,10-,12-/m1/s1. The van der Waals surface area contributed by atoms with Gasteiger partial charge in [-0.2, -0.15) is 0 Å². The third kappa shape index (κ3) is 1.97. The van der Waals surface area contributed by atoms with Crippen LogP contribution in [0.4, 0.5) is 0 Å². The van der Waals surface area contributed by atoms with E-state index in [4.69, 9.17) is 9.47 Å². The fourth-order valence-corrected chi connectivity index (χ4v) is 2.42. The summed E-state index contributed by atoms with van der Waals surface area (Å²) in [4.78, 5) is 12.5. The second-order valence-electron chi connectivity index (χ2n) is 4.78. The highest BCUT2D eigenvalue weighted by atomic mass is 16.6. The second kappa shape index (κ2) is 5.06. The van der Waals surface area contributed by atoms with Gasteiger partial charge in [0.2, 0.25) is 0 Å². The summed E-state index contributed by atoms with van der Waals surface area (Å²) in [5.74, 6) is 0. The van der Waals surface area contributed by atoms with Crippen LogP contribution in [-0.2, 0) is 9.47 Å². The van der Waals surface area contributed by atoms with Crippen molar-refractivity contribution in [1.29, 1.82) is 0 Å². The molecule has 8 heteroatoms. The van der Waals surface area contributed by atoms with Crippen molar-refractivity contribution in [2.45, 2.75) is 31.5 Å². The third-order valence-electron chi connectivity index (χ3n) is 3.48. The van der Waals surface area contributed by atoms with E-state index in [-0.39, 0.29) is 6.61 Å². The molecule has 0 spiro atoms. The van der Waals surface area contributed by atoms with Crippen molar-refractivity contribution in [3.05, 3.63) is 18.3 Å². The van der Waals surface area contributed by atoms with Crippen LogP contribution in [0.5, 0.6) is 0 Å². The Morgan fingerprint density at radius 1 is 1.30 bits per heavy atom. The summed E-state index contributed by atoms with van der Waals surface area (Å²) >= 11 is 0. The summed E-state index contributed by atoms with van der Waals surface area (Å²) in [7, 11) is 1.51. The van der Waals surface area contributed by atoms with Crippen LogP contribution < -0.4 is 0 Å². The van der Waals surface area contributed by atoms with Crippen LogP contribution in [0.2, 0.25) is 0 Å². The molecule has 0 radical (unpaired) electrons. The highest BCUT2D eigenvalue weighted by Crippen LogP contribution is 2.31. The minimum Gasteiger partial charge on any atom is -0.387 e. The molecule has 2 aromatic heterocycles. The van der Waals surface area contributed by atoms with Gasteiger partial charge in [-0.05, 0) is 6.92 Å². The predicted molar refractivity (Wildman–Crippen MR) is 67.9 cm³/mol. The van der Waals surface area contributed by atoms with Crippen molar-refractivity contribution in [1.82, 2.24) is 19.5 Å². The molecule has 0 saturated carbocycles. The topological polar surface area (TPSA) is 103 Å². The van der Waals surface area contributed by atoms with Crippen molar-refractivity contribution in [2.75, 3.05) is 13.7 Å². The molecule has 0 aliphatic carbocycles. The smallest absolute Gasteiger partial charge is 0.165 e. The van der Waals surface area contributed by atoms with E-state index in [1.54, 1.807) is 4.57 Å². The number of imidazole rings is 1. The maximum atomic E-state index is 10.1. The van der Waals surface area contributed by atoms with Gasteiger partial charge in [0.25, 0.3) is 0 Å². The minimum atomic E-state index is -1.07. The van der Waals surface area contributed by atoms with E-state index >= 15 is 0 Å². The van der Waals surface area contributed by atoms with Gasteiger partial charge in [-0.3, -0.25) is 4.57 Å². The monoisotopic (exact) mass is 280 g/mol. The van der Waals surface area contributed by atoms with Crippen LogP contribution >= 0.6 is 0 Å². The number of rotatable bonds is 3. The van der Waals surface area contributed by atoms with E-state index < -0.39 is 24.5 Å². The van der Waals surface area contributed by atoms with E-state index in [0.717, 1.165) is 5.69 Å².